The van der Waals surface area contributed by atoms with Gasteiger partial charge in [-0.3, -0.25) is 9.78 Å². The Kier molecular flexibility index (Phi) is 4.15. The topological polar surface area (TPSA) is 58.1 Å². The Labute approximate surface area is 128 Å². The highest BCUT2D eigenvalue weighted by Crippen LogP contribution is 2.23. The molecule has 0 unspecified atom stereocenters. The van der Waals surface area contributed by atoms with Crippen LogP contribution in [-0.4, -0.2) is 33.9 Å². The van der Waals surface area contributed by atoms with E-state index in [-0.39, 0.29) is 5.91 Å². The lowest BCUT2D eigenvalue weighted by Gasteiger charge is -2.29. The maximum atomic E-state index is 12.4. The normalized spacial score (nSPS) is 16.0. The van der Waals surface area contributed by atoms with Crippen LogP contribution in [0.1, 0.15) is 30.3 Å². The van der Waals surface area contributed by atoms with Crippen LogP contribution in [0.2, 0.25) is 0 Å². The maximum Gasteiger partial charge on any atom is 0.273 e. The Balaban J connectivity index is 1.66. The van der Waals surface area contributed by atoms with Gasteiger partial charge in [0.2, 0.25) is 0 Å². The molecule has 2 aromatic rings. The van der Waals surface area contributed by atoms with Gasteiger partial charge in [0, 0.05) is 24.7 Å². The molecule has 3 heterocycles. The van der Waals surface area contributed by atoms with Gasteiger partial charge >= 0.3 is 0 Å². The molecule has 1 N–H and O–H groups in total. The molecule has 0 aliphatic carbocycles. The third-order valence-electron chi connectivity index (χ3n) is 3.71. The molecule has 0 bridgehead atoms. The number of aromatic nitrogens is 2. The zero-order valence-corrected chi connectivity index (χ0v) is 12.8. The van der Waals surface area contributed by atoms with Crippen LogP contribution in [0.3, 0.4) is 0 Å². The van der Waals surface area contributed by atoms with Gasteiger partial charge in [0.15, 0.2) is 5.13 Å². The lowest BCUT2D eigenvalue weighted by Crippen LogP contribution is -2.38. The van der Waals surface area contributed by atoms with Gasteiger partial charge in [0.25, 0.3) is 5.91 Å². The predicted molar refractivity (Wildman–Crippen MR) is 83.9 cm³/mol. The smallest absolute Gasteiger partial charge is 0.273 e. The first-order valence-corrected chi connectivity index (χ1v) is 8.02. The van der Waals surface area contributed by atoms with E-state index in [1.54, 1.807) is 12.4 Å². The summed E-state index contributed by atoms with van der Waals surface area (Å²) in [7, 11) is 0. The number of piperidine rings is 1. The quantitative estimate of drug-likeness (QED) is 0.946. The number of nitrogens with zero attached hydrogens (tertiary/aromatic N) is 3. The molecule has 1 aliphatic rings. The van der Waals surface area contributed by atoms with Crippen molar-refractivity contribution in [3.63, 3.8) is 0 Å². The van der Waals surface area contributed by atoms with Crippen LogP contribution in [0.25, 0.3) is 0 Å². The van der Waals surface area contributed by atoms with Gasteiger partial charge in [0.1, 0.15) is 5.69 Å². The summed E-state index contributed by atoms with van der Waals surface area (Å²) in [6.07, 6.45) is 5.61. The van der Waals surface area contributed by atoms with E-state index in [1.807, 2.05) is 22.4 Å². The van der Waals surface area contributed by atoms with Crippen LogP contribution >= 0.6 is 11.3 Å². The Bertz CT molecular complexity index is 605. The average Bonchev–Trinajstić information content (AvgIpc) is 2.97. The van der Waals surface area contributed by atoms with Gasteiger partial charge in [-0.05, 0) is 30.9 Å². The molecule has 5 nitrogen and oxygen atoms in total. The van der Waals surface area contributed by atoms with E-state index >= 15 is 0 Å². The molecule has 1 amide bonds. The largest absolute Gasteiger partial charge is 0.337 e. The lowest BCUT2D eigenvalue weighted by molar-refractivity contribution is 0.0692. The highest BCUT2D eigenvalue weighted by atomic mass is 32.1. The Morgan fingerprint density at radius 3 is 2.95 bits per heavy atom. The zero-order valence-electron chi connectivity index (χ0n) is 12.0. The number of pyridine rings is 1. The van der Waals surface area contributed by atoms with Gasteiger partial charge < -0.3 is 10.2 Å². The van der Waals surface area contributed by atoms with Crippen LogP contribution in [0.5, 0.6) is 0 Å². The van der Waals surface area contributed by atoms with E-state index < -0.39 is 0 Å². The fourth-order valence-corrected chi connectivity index (χ4v) is 3.07. The molecule has 0 aromatic carbocycles. The fourth-order valence-electron chi connectivity index (χ4n) is 2.36. The van der Waals surface area contributed by atoms with Crippen molar-refractivity contribution < 1.29 is 4.79 Å². The molecule has 0 saturated carbocycles. The number of hydrogen-bond acceptors (Lipinski definition) is 5. The minimum atomic E-state index is 0.0392. The van der Waals surface area contributed by atoms with Gasteiger partial charge in [0.05, 0.1) is 11.9 Å². The Morgan fingerprint density at radius 1 is 1.43 bits per heavy atom. The van der Waals surface area contributed by atoms with Crippen molar-refractivity contribution in [2.45, 2.75) is 19.8 Å². The minimum Gasteiger partial charge on any atom is -0.337 e. The molecule has 0 atom stereocenters. The molecular weight excluding hydrogens is 284 g/mol. The molecule has 1 fully saturated rings. The summed E-state index contributed by atoms with van der Waals surface area (Å²) in [6.45, 7) is 3.91. The number of amides is 1. The summed E-state index contributed by atoms with van der Waals surface area (Å²) in [5.41, 5.74) is 1.40. The number of rotatable bonds is 3. The van der Waals surface area contributed by atoms with Crippen molar-refractivity contribution >= 4 is 28.1 Å². The number of carbonyl (C=O) groups is 1. The molecule has 2 aromatic heterocycles. The van der Waals surface area contributed by atoms with E-state index in [0.29, 0.717) is 11.6 Å². The van der Waals surface area contributed by atoms with Crippen molar-refractivity contribution in [3.8, 4) is 0 Å². The van der Waals surface area contributed by atoms with Crippen molar-refractivity contribution in [2.24, 2.45) is 5.92 Å². The number of hydrogen-bond donors (Lipinski definition) is 1. The van der Waals surface area contributed by atoms with E-state index in [1.165, 1.54) is 11.3 Å². The van der Waals surface area contributed by atoms with Gasteiger partial charge in [-0.2, -0.15) is 0 Å². The van der Waals surface area contributed by atoms with Crippen molar-refractivity contribution in [1.82, 2.24) is 14.9 Å². The van der Waals surface area contributed by atoms with Gasteiger partial charge in [-0.1, -0.05) is 6.92 Å². The highest BCUT2D eigenvalue weighted by molar-refractivity contribution is 7.14. The van der Waals surface area contributed by atoms with Crippen LogP contribution in [-0.2, 0) is 0 Å². The maximum absolute atomic E-state index is 12.4. The second-order valence-electron chi connectivity index (χ2n) is 5.38. The second kappa shape index (κ2) is 6.22. The first-order chi connectivity index (χ1) is 10.2. The summed E-state index contributed by atoms with van der Waals surface area (Å²) >= 11 is 1.44. The van der Waals surface area contributed by atoms with E-state index in [0.717, 1.165) is 36.8 Å². The number of nitrogens with one attached hydrogen (secondary N) is 1. The van der Waals surface area contributed by atoms with Crippen LogP contribution < -0.4 is 5.32 Å². The predicted octanol–water partition coefficient (Wildman–Crippen LogP) is 3.15. The van der Waals surface area contributed by atoms with Crippen LogP contribution in [0, 0.1) is 5.92 Å². The summed E-state index contributed by atoms with van der Waals surface area (Å²) in [5, 5.41) is 5.70. The summed E-state index contributed by atoms with van der Waals surface area (Å²) < 4.78 is 0. The minimum absolute atomic E-state index is 0.0392. The summed E-state index contributed by atoms with van der Waals surface area (Å²) in [5.74, 6) is 0.754. The average molecular weight is 302 g/mol. The number of thiazole rings is 1. The SMILES string of the molecule is CC1CCN(C(=O)c2csc(Nc3cccnc3)n2)CC1. The van der Waals surface area contributed by atoms with E-state index in [9.17, 15) is 4.79 Å². The molecule has 21 heavy (non-hydrogen) atoms. The first-order valence-electron chi connectivity index (χ1n) is 7.14. The van der Waals surface area contributed by atoms with E-state index in [4.69, 9.17) is 0 Å². The van der Waals surface area contributed by atoms with Crippen molar-refractivity contribution in [1.29, 1.82) is 0 Å². The monoisotopic (exact) mass is 302 g/mol. The lowest BCUT2D eigenvalue weighted by atomic mass is 9.99. The number of likely N-dealkylation sites (tertiary alicyclic amines) is 1. The van der Waals surface area contributed by atoms with E-state index in [2.05, 4.69) is 22.2 Å². The van der Waals surface area contributed by atoms with Crippen molar-refractivity contribution in [3.05, 3.63) is 35.6 Å². The molecule has 110 valence electrons. The second-order valence-corrected chi connectivity index (χ2v) is 6.24. The molecular formula is C15H18N4OS. The summed E-state index contributed by atoms with van der Waals surface area (Å²) in [4.78, 5) is 22.7. The van der Waals surface area contributed by atoms with Gasteiger partial charge in [-0.25, -0.2) is 4.98 Å². The molecule has 6 heteroatoms. The molecule has 1 saturated heterocycles. The number of carbonyl (C=O) groups excluding carboxylic acids is 1. The van der Waals surface area contributed by atoms with Gasteiger partial charge in [-0.15, -0.1) is 11.3 Å². The third-order valence-corrected chi connectivity index (χ3v) is 4.46. The molecule has 0 radical (unpaired) electrons. The highest BCUT2D eigenvalue weighted by Gasteiger charge is 2.23. The molecule has 1 aliphatic heterocycles. The molecule has 0 spiro atoms. The third kappa shape index (κ3) is 3.39. The van der Waals surface area contributed by atoms with Crippen molar-refractivity contribution in [2.75, 3.05) is 18.4 Å². The summed E-state index contributed by atoms with van der Waals surface area (Å²) in [6, 6.07) is 3.78. The molecule has 3 rings (SSSR count). The Morgan fingerprint density at radius 2 is 2.24 bits per heavy atom. The first kappa shape index (κ1) is 14.0. The Hall–Kier alpha value is -1.95. The fraction of sp³-hybridized carbons (Fsp3) is 0.400. The standard InChI is InChI=1S/C15H18N4OS/c1-11-4-7-19(8-5-11)14(20)13-10-21-15(18-13)17-12-3-2-6-16-9-12/h2-3,6,9-11H,4-5,7-8H2,1H3,(H,17,18). The number of anilines is 2. The van der Waals surface area contributed by atoms with Crippen LogP contribution in [0.4, 0.5) is 10.8 Å². The van der Waals surface area contributed by atoms with Crippen LogP contribution in [0.15, 0.2) is 29.9 Å². The zero-order chi connectivity index (χ0) is 14.7.